The van der Waals surface area contributed by atoms with E-state index in [4.69, 9.17) is 5.73 Å². The first kappa shape index (κ1) is 13.5. The van der Waals surface area contributed by atoms with E-state index in [0.717, 1.165) is 17.3 Å². The minimum atomic E-state index is -0.238. The molecule has 0 aromatic heterocycles. The Kier molecular flexibility index (Phi) is 4.35. The van der Waals surface area contributed by atoms with Gasteiger partial charge in [-0.15, -0.1) is 0 Å². The highest BCUT2D eigenvalue weighted by atomic mass is 79.9. The molecule has 0 radical (unpaired) electrons. The van der Waals surface area contributed by atoms with Gasteiger partial charge in [0.25, 0.3) is 0 Å². The summed E-state index contributed by atoms with van der Waals surface area (Å²) in [5, 5.41) is 2.82. The van der Waals surface area contributed by atoms with Crippen LogP contribution >= 0.6 is 15.9 Å². The molecule has 1 aromatic carbocycles. The Hall–Kier alpha value is -0.940. The van der Waals surface area contributed by atoms with Gasteiger partial charge in [0, 0.05) is 23.0 Å². The summed E-state index contributed by atoms with van der Waals surface area (Å²) in [5.74, 6) is -0.155. The summed E-state index contributed by atoms with van der Waals surface area (Å²) < 4.78 is 14.3. The predicted octanol–water partition coefficient (Wildman–Crippen LogP) is 1.98. The molecule has 18 heavy (non-hydrogen) atoms. The lowest BCUT2D eigenvalue weighted by molar-refractivity contribution is -0.127. The molecule has 0 unspecified atom stereocenters. The van der Waals surface area contributed by atoms with E-state index in [1.807, 2.05) is 0 Å². The lowest BCUT2D eigenvalue weighted by Gasteiger charge is -2.31. The Bertz CT molecular complexity index is 447. The lowest BCUT2D eigenvalue weighted by Crippen LogP contribution is -2.45. The molecule has 1 fully saturated rings. The van der Waals surface area contributed by atoms with Gasteiger partial charge in [-0.3, -0.25) is 4.79 Å². The van der Waals surface area contributed by atoms with Crippen molar-refractivity contribution in [2.45, 2.75) is 25.3 Å². The lowest BCUT2D eigenvalue weighted by atomic mass is 9.80. The summed E-state index contributed by atoms with van der Waals surface area (Å²) in [7, 11) is 0. The molecule has 1 aromatic rings. The van der Waals surface area contributed by atoms with Crippen LogP contribution in [0.4, 0.5) is 4.39 Å². The Labute approximate surface area is 114 Å². The molecule has 0 heterocycles. The molecule has 1 saturated carbocycles. The van der Waals surface area contributed by atoms with Crippen LogP contribution in [0, 0.1) is 11.7 Å². The molecule has 98 valence electrons. The SMILES string of the molecule is NC1CC(C(=O)NCCc2cc(Br)ccc2F)C1. The van der Waals surface area contributed by atoms with Crippen molar-refractivity contribution in [3.8, 4) is 0 Å². The van der Waals surface area contributed by atoms with Crippen molar-refractivity contribution >= 4 is 21.8 Å². The van der Waals surface area contributed by atoms with Crippen molar-refractivity contribution in [3.05, 3.63) is 34.1 Å². The second kappa shape index (κ2) is 5.80. The number of amides is 1. The fourth-order valence-electron chi connectivity index (χ4n) is 2.08. The molecule has 0 aliphatic heterocycles. The number of halogens is 2. The molecule has 0 atom stereocenters. The van der Waals surface area contributed by atoms with Gasteiger partial charge in [0.2, 0.25) is 5.91 Å². The van der Waals surface area contributed by atoms with Crippen LogP contribution in [-0.4, -0.2) is 18.5 Å². The maximum Gasteiger partial charge on any atom is 0.223 e. The topological polar surface area (TPSA) is 55.1 Å². The van der Waals surface area contributed by atoms with Crippen molar-refractivity contribution < 1.29 is 9.18 Å². The van der Waals surface area contributed by atoms with Gasteiger partial charge >= 0.3 is 0 Å². The van der Waals surface area contributed by atoms with Gasteiger partial charge in [-0.05, 0) is 43.0 Å². The van der Waals surface area contributed by atoms with Crippen molar-refractivity contribution in [2.75, 3.05) is 6.54 Å². The third kappa shape index (κ3) is 3.29. The maximum absolute atomic E-state index is 13.4. The Balaban J connectivity index is 1.78. The van der Waals surface area contributed by atoms with Crippen molar-refractivity contribution in [1.29, 1.82) is 0 Å². The number of rotatable bonds is 4. The van der Waals surface area contributed by atoms with Gasteiger partial charge in [0.15, 0.2) is 0 Å². The van der Waals surface area contributed by atoms with E-state index < -0.39 is 0 Å². The minimum Gasteiger partial charge on any atom is -0.356 e. The van der Waals surface area contributed by atoms with Gasteiger partial charge in [0.05, 0.1) is 0 Å². The molecule has 1 amide bonds. The van der Waals surface area contributed by atoms with Crippen LogP contribution in [0.25, 0.3) is 0 Å². The second-order valence-electron chi connectivity index (χ2n) is 4.71. The summed E-state index contributed by atoms with van der Waals surface area (Å²) in [6.07, 6.45) is 2.02. The third-order valence-corrected chi connectivity index (χ3v) is 3.74. The first-order valence-electron chi connectivity index (χ1n) is 6.03. The van der Waals surface area contributed by atoms with Gasteiger partial charge in [-0.25, -0.2) is 4.39 Å². The smallest absolute Gasteiger partial charge is 0.223 e. The molecule has 0 saturated heterocycles. The molecular weight excluding hydrogens is 299 g/mol. The van der Waals surface area contributed by atoms with Crippen LogP contribution in [0.2, 0.25) is 0 Å². The monoisotopic (exact) mass is 314 g/mol. The maximum atomic E-state index is 13.4. The summed E-state index contributed by atoms with van der Waals surface area (Å²) in [5.41, 5.74) is 6.23. The number of hydrogen-bond acceptors (Lipinski definition) is 2. The summed E-state index contributed by atoms with van der Waals surface area (Å²) >= 11 is 3.30. The summed E-state index contributed by atoms with van der Waals surface area (Å²) in [6.45, 7) is 0.456. The Morgan fingerprint density at radius 1 is 1.50 bits per heavy atom. The van der Waals surface area contributed by atoms with Crippen LogP contribution in [-0.2, 0) is 11.2 Å². The Morgan fingerprint density at radius 3 is 2.89 bits per heavy atom. The predicted molar refractivity (Wildman–Crippen MR) is 71.5 cm³/mol. The first-order valence-corrected chi connectivity index (χ1v) is 6.83. The molecule has 1 aliphatic rings. The van der Waals surface area contributed by atoms with Crippen LogP contribution in [0.1, 0.15) is 18.4 Å². The zero-order valence-corrected chi connectivity index (χ0v) is 11.5. The first-order chi connectivity index (χ1) is 8.56. The fourth-order valence-corrected chi connectivity index (χ4v) is 2.48. The van der Waals surface area contributed by atoms with Crippen molar-refractivity contribution in [3.63, 3.8) is 0 Å². The second-order valence-corrected chi connectivity index (χ2v) is 5.62. The van der Waals surface area contributed by atoms with E-state index in [2.05, 4.69) is 21.2 Å². The van der Waals surface area contributed by atoms with E-state index in [1.54, 1.807) is 12.1 Å². The quantitative estimate of drug-likeness (QED) is 0.893. The minimum absolute atomic E-state index is 0.0344. The largest absolute Gasteiger partial charge is 0.356 e. The normalized spacial score (nSPS) is 22.4. The van der Waals surface area contributed by atoms with E-state index >= 15 is 0 Å². The average molecular weight is 315 g/mol. The zero-order chi connectivity index (χ0) is 13.1. The fraction of sp³-hybridized carbons (Fsp3) is 0.462. The van der Waals surface area contributed by atoms with E-state index in [-0.39, 0.29) is 23.7 Å². The van der Waals surface area contributed by atoms with Crippen LogP contribution in [0.5, 0.6) is 0 Å². The Morgan fingerprint density at radius 2 is 2.22 bits per heavy atom. The highest BCUT2D eigenvalue weighted by molar-refractivity contribution is 9.10. The van der Waals surface area contributed by atoms with Gasteiger partial charge in [-0.1, -0.05) is 15.9 Å². The highest BCUT2D eigenvalue weighted by Crippen LogP contribution is 2.25. The molecule has 1 aliphatic carbocycles. The average Bonchev–Trinajstić information content (AvgIpc) is 2.29. The molecule has 3 N–H and O–H groups in total. The highest BCUT2D eigenvalue weighted by Gasteiger charge is 2.31. The van der Waals surface area contributed by atoms with E-state index in [9.17, 15) is 9.18 Å². The molecular formula is C13H16BrFN2O. The standard InChI is InChI=1S/C13H16BrFN2O/c14-10-1-2-12(15)8(5-10)3-4-17-13(18)9-6-11(16)7-9/h1-2,5,9,11H,3-4,6-7,16H2,(H,17,18). The van der Waals surface area contributed by atoms with Crippen molar-refractivity contribution in [2.24, 2.45) is 11.7 Å². The van der Waals surface area contributed by atoms with Gasteiger partial charge < -0.3 is 11.1 Å². The number of nitrogens with two attached hydrogens (primary N) is 1. The summed E-state index contributed by atoms with van der Waals surface area (Å²) in [4.78, 5) is 11.6. The molecule has 5 heteroatoms. The molecule has 2 rings (SSSR count). The number of nitrogens with one attached hydrogen (secondary N) is 1. The summed E-state index contributed by atoms with van der Waals surface area (Å²) in [6, 6.07) is 4.99. The van der Waals surface area contributed by atoms with Gasteiger partial charge in [-0.2, -0.15) is 0 Å². The molecule has 0 bridgehead atoms. The van der Waals surface area contributed by atoms with E-state index in [0.29, 0.717) is 18.5 Å². The number of hydrogen-bond donors (Lipinski definition) is 2. The van der Waals surface area contributed by atoms with Crippen LogP contribution in [0.3, 0.4) is 0 Å². The number of benzene rings is 1. The van der Waals surface area contributed by atoms with E-state index in [1.165, 1.54) is 6.07 Å². The number of carbonyl (C=O) groups is 1. The zero-order valence-electron chi connectivity index (χ0n) is 9.96. The number of carbonyl (C=O) groups excluding carboxylic acids is 1. The van der Waals surface area contributed by atoms with Gasteiger partial charge in [0.1, 0.15) is 5.82 Å². The molecule has 3 nitrogen and oxygen atoms in total. The van der Waals surface area contributed by atoms with Crippen LogP contribution < -0.4 is 11.1 Å². The molecule has 0 spiro atoms. The third-order valence-electron chi connectivity index (χ3n) is 3.25. The van der Waals surface area contributed by atoms with Crippen LogP contribution in [0.15, 0.2) is 22.7 Å². The van der Waals surface area contributed by atoms with Crippen molar-refractivity contribution in [1.82, 2.24) is 5.32 Å².